The summed E-state index contributed by atoms with van der Waals surface area (Å²) in [5, 5.41) is 11.2. The molecule has 2 rings (SSSR count). The third kappa shape index (κ3) is 3.75. The first-order chi connectivity index (χ1) is 10.2. The van der Waals surface area contributed by atoms with Crippen LogP contribution in [0.2, 0.25) is 0 Å². The zero-order valence-electron chi connectivity index (χ0n) is 12.1. The fourth-order valence-electron chi connectivity index (χ4n) is 1.80. The summed E-state index contributed by atoms with van der Waals surface area (Å²) in [7, 11) is 3.16. The van der Waals surface area contributed by atoms with Gasteiger partial charge in [-0.05, 0) is 30.2 Å². The van der Waals surface area contributed by atoms with Crippen LogP contribution in [0.1, 0.15) is 18.9 Å². The fraction of sp³-hybridized carbons (Fsp3) is 0.357. The van der Waals surface area contributed by atoms with Crippen molar-refractivity contribution in [2.45, 2.75) is 18.6 Å². The van der Waals surface area contributed by atoms with Gasteiger partial charge < -0.3 is 14.8 Å². The van der Waals surface area contributed by atoms with Gasteiger partial charge in [-0.3, -0.25) is 4.79 Å². The molecule has 0 aliphatic carbocycles. The summed E-state index contributed by atoms with van der Waals surface area (Å²) in [5.74, 6) is 1.27. The van der Waals surface area contributed by atoms with Gasteiger partial charge in [0, 0.05) is 0 Å². The number of carbonyl (C=O) groups is 1. The van der Waals surface area contributed by atoms with Crippen LogP contribution in [-0.2, 0) is 4.79 Å². The Morgan fingerprint density at radius 2 is 2.10 bits per heavy atom. The van der Waals surface area contributed by atoms with Gasteiger partial charge >= 0.3 is 0 Å². The van der Waals surface area contributed by atoms with E-state index in [4.69, 9.17) is 9.47 Å². The maximum absolute atomic E-state index is 11.5. The number of methoxy groups -OCH3 is 2. The molecule has 1 amide bonds. The molecule has 1 aliphatic rings. The van der Waals surface area contributed by atoms with Crippen molar-refractivity contribution in [3.8, 4) is 11.5 Å². The summed E-state index contributed by atoms with van der Waals surface area (Å²) in [4.78, 5) is 11.5. The Kier molecular flexibility index (Phi) is 5.21. The molecule has 1 unspecified atom stereocenters. The first-order valence-corrected chi connectivity index (χ1v) is 7.36. The maximum atomic E-state index is 11.5. The number of nitrogens with zero attached hydrogens (tertiary/aromatic N) is 2. The third-order valence-electron chi connectivity index (χ3n) is 2.91. The van der Waals surface area contributed by atoms with Crippen LogP contribution in [0.4, 0.5) is 0 Å². The maximum Gasteiger partial charge on any atom is 0.239 e. The van der Waals surface area contributed by atoms with Crippen molar-refractivity contribution >= 4 is 29.1 Å². The van der Waals surface area contributed by atoms with Crippen molar-refractivity contribution in [3.05, 3.63) is 23.8 Å². The van der Waals surface area contributed by atoms with Gasteiger partial charge in [-0.2, -0.15) is 5.10 Å². The van der Waals surface area contributed by atoms with Crippen LogP contribution in [0, 0.1) is 0 Å². The number of ether oxygens (including phenoxy) is 2. The first kappa shape index (κ1) is 15.4. The van der Waals surface area contributed by atoms with E-state index in [1.807, 2.05) is 13.0 Å². The Labute approximate surface area is 127 Å². The molecule has 21 heavy (non-hydrogen) atoms. The SMILES string of the molecule is CCC1S/C(=N/N=C/c2ccc(OC)c(OC)c2)NC1=O. The van der Waals surface area contributed by atoms with Crippen molar-refractivity contribution in [2.24, 2.45) is 10.2 Å². The predicted molar refractivity (Wildman–Crippen MR) is 84.4 cm³/mol. The highest BCUT2D eigenvalue weighted by Gasteiger charge is 2.28. The minimum absolute atomic E-state index is 0.0115. The lowest BCUT2D eigenvalue weighted by molar-refractivity contribution is -0.118. The first-order valence-electron chi connectivity index (χ1n) is 6.48. The topological polar surface area (TPSA) is 72.3 Å². The Hall–Kier alpha value is -2.02. The van der Waals surface area contributed by atoms with Gasteiger partial charge in [0.1, 0.15) is 0 Å². The molecular formula is C14H17N3O3S. The highest BCUT2D eigenvalue weighted by Crippen LogP contribution is 2.27. The lowest BCUT2D eigenvalue weighted by Gasteiger charge is -2.07. The molecule has 0 aromatic heterocycles. The Bertz CT molecular complexity index is 587. The summed E-state index contributed by atoms with van der Waals surface area (Å²) in [6.45, 7) is 1.97. The second kappa shape index (κ2) is 7.12. The summed E-state index contributed by atoms with van der Waals surface area (Å²) in [6, 6.07) is 5.45. The van der Waals surface area contributed by atoms with E-state index in [1.165, 1.54) is 11.8 Å². The quantitative estimate of drug-likeness (QED) is 0.667. The smallest absolute Gasteiger partial charge is 0.239 e. The molecule has 0 saturated carbocycles. The number of hydrogen-bond acceptors (Lipinski definition) is 6. The van der Waals surface area contributed by atoms with Gasteiger partial charge in [0.2, 0.25) is 5.91 Å². The van der Waals surface area contributed by atoms with Gasteiger partial charge in [0.25, 0.3) is 0 Å². The van der Waals surface area contributed by atoms with Gasteiger partial charge in [-0.1, -0.05) is 18.7 Å². The average Bonchev–Trinajstić information content (AvgIpc) is 2.87. The molecule has 1 atom stereocenters. The molecule has 1 N–H and O–H groups in total. The average molecular weight is 307 g/mol. The van der Waals surface area contributed by atoms with Crippen molar-refractivity contribution < 1.29 is 14.3 Å². The van der Waals surface area contributed by atoms with Crippen molar-refractivity contribution in [3.63, 3.8) is 0 Å². The molecule has 1 aliphatic heterocycles. The van der Waals surface area contributed by atoms with Crippen LogP contribution in [0.15, 0.2) is 28.4 Å². The molecule has 1 heterocycles. The number of nitrogens with one attached hydrogen (secondary N) is 1. The summed E-state index contributed by atoms with van der Waals surface area (Å²) in [6.07, 6.45) is 2.37. The molecular weight excluding hydrogens is 290 g/mol. The summed E-state index contributed by atoms with van der Waals surface area (Å²) < 4.78 is 10.4. The van der Waals surface area contributed by atoms with E-state index in [2.05, 4.69) is 15.5 Å². The standard InChI is InChI=1S/C14H17N3O3S/c1-4-12-13(18)16-14(21-12)17-15-8-9-5-6-10(19-2)11(7-9)20-3/h5-8,12H,4H2,1-3H3,(H,16,17,18)/b15-8+. The second-order valence-electron chi connectivity index (χ2n) is 4.27. The van der Waals surface area contributed by atoms with E-state index in [0.717, 1.165) is 12.0 Å². The van der Waals surface area contributed by atoms with Crippen LogP contribution in [0.3, 0.4) is 0 Å². The van der Waals surface area contributed by atoms with E-state index in [-0.39, 0.29) is 11.2 Å². The van der Waals surface area contributed by atoms with E-state index < -0.39 is 0 Å². The number of carbonyl (C=O) groups excluding carboxylic acids is 1. The molecule has 0 radical (unpaired) electrons. The van der Waals surface area contributed by atoms with E-state index >= 15 is 0 Å². The number of amidine groups is 1. The van der Waals surface area contributed by atoms with Crippen LogP contribution >= 0.6 is 11.8 Å². The fourth-order valence-corrected chi connectivity index (χ4v) is 2.66. The van der Waals surface area contributed by atoms with E-state index in [9.17, 15) is 4.79 Å². The molecule has 1 aromatic rings. The largest absolute Gasteiger partial charge is 0.493 e. The van der Waals surface area contributed by atoms with Crippen molar-refractivity contribution in [1.29, 1.82) is 0 Å². The number of benzene rings is 1. The zero-order valence-corrected chi connectivity index (χ0v) is 12.9. The third-order valence-corrected chi connectivity index (χ3v) is 4.15. The number of rotatable bonds is 5. The van der Waals surface area contributed by atoms with Crippen molar-refractivity contribution in [1.82, 2.24) is 5.32 Å². The summed E-state index contributed by atoms with van der Waals surface area (Å²) >= 11 is 1.40. The summed E-state index contributed by atoms with van der Waals surface area (Å²) in [5.41, 5.74) is 0.832. The number of hydrogen-bond donors (Lipinski definition) is 1. The van der Waals surface area contributed by atoms with Crippen LogP contribution < -0.4 is 14.8 Å². The Balaban J connectivity index is 2.07. The molecule has 0 bridgehead atoms. The lowest BCUT2D eigenvalue weighted by Crippen LogP contribution is -2.24. The monoisotopic (exact) mass is 307 g/mol. The molecule has 6 nitrogen and oxygen atoms in total. The van der Waals surface area contributed by atoms with Crippen LogP contribution in [-0.4, -0.2) is 36.8 Å². The number of amides is 1. The predicted octanol–water partition coefficient (Wildman–Crippen LogP) is 2.04. The number of thioether (sulfide) groups is 1. The second-order valence-corrected chi connectivity index (χ2v) is 5.46. The van der Waals surface area contributed by atoms with Crippen LogP contribution in [0.5, 0.6) is 11.5 Å². The molecule has 112 valence electrons. The molecule has 1 aromatic carbocycles. The molecule has 7 heteroatoms. The van der Waals surface area contributed by atoms with Gasteiger partial charge in [-0.25, -0.2) is 0 Å². The highest BCUT2D eigenvalue weighted by atomic mass is 32.2. The molecule has 1 fully saturated rings. The zero-order chi connectivity index (χ0) is 15.2. The minimum Gasteiger partial charge on any atom is -0.493 e. The Morgan fingerprint density at radius 1 is 1.33 bits per heavy atom. The molecule has 1 saturated heterocycles. The molecule has 0 spiro atoms. The lowest BCUT2D eigenvalue weighted by atomic mass is 10.2. The van der Waals surface area contributed by atoms with Gasteiger partial charge in [-0.15, -0.1) is 5.10 Å². The Morgan fingerprint density at radius 3 is 2.71 bits per heavy atom. The van der Waals surface area contributed by atoms with Crippen molar-refractivity contribution in [2.75, 3.05) is 14.2 Å². The highest BCUT2D eigenvalue weighted by molar-refractivity contribution is 8.15. The van der Waals surface area contributed by atoms with Gasteiger partial charge in [0.05, 0.1) is 25.7 Å². The van der Waals surface area contributed by atoms with E-state index in [1.54, 1.807) is 32.6 Å². The van der Waals surface area contributed by atoms with Gasteiger partial charge in [0.15, 0.2) is 16.7 Å². The normalized spacial score (nSPS) is 20.0. The minimum atomic E-state index is -0.0694. The van der Waals surface area contributed by atoms with E-state index in [0.29, 0.717) is 16.7 Å². The van der Waals surface area contributed by atoms with Crippen LogP contribution in [0.25, 0.3) is 0 Å².